The van der Waals surface area contributed by atoms with Gasteiger partial charge in [-0.1, -0.05) is 6.07 Å². The molecular formula is C21H20F3N3O3. The molecule has 2 amide bonds. The number of phenols is 1. The van der Waals surface area contributed by atoms with Gasteiger partial charge in [-0.15, -0.1) is 0 Å². The molecule has 6 nitrogen and oxygen atoms in total. The van der Waals surface area contributed by atoms with Crippen LogP contribution in [0.25, 0.3) is 0 Å². The maximum Gasteiger partial charge on any atom is 0.416 e. The maximum absolute atomic E-state index is 13.0. The molecule has 1 unspecified atom stereocenters. The van der Waals surface area contributed by atoms with Crippen LogP contribution in [0.2, 0.25) is 0 Å². The molecule has 1 spiro atoms. The van der Waals surface area contributed by atoms with Crippen molar-refractivity contribution in [1.82, 2.24) is 14.8 Å². The average molecular weight is 419 g/mol. The lowest BCUT2D eigenvalue weighted by Crippen LogP contribution is -2.38. The van der Waals surface area contributed by atoms with E-state index in [0.717, 1.165) is 17.8 Å². The third kappa shape index (κ3) is 3.71. The van der Waals surface area contributed by atoms with Crippen LogP contribution in [0.4, 0.5) is 13.2 Å². The molecule has 2 aliphatic rings. The van der Waals surface area contributed by atoms with E-state index in [1.54, 1.807) is 17.2 Å². The normalized spacial score (nSPS) is 21.6. The minimum absolute atomic E-state index is 0.0599. The Labute approximate surface area is 170 Å². The summed E-state index contributed by atoms with van der Waals surface area (Å²) >= 11 is 0. The first-order valence-corrected chi connectivity index (χ1v) is 9.58. The summed E-state index contributed by atoms with van der Waals surface area (Å²) in [6.45, 7) is 1.36. The second-order valence-electron chi connectivity index (χ2n) is 7.82. The number of hydrogen-bond acceptors (Lipinski definition) is 4. The summed E-state index contributed by atoms with van der Waals surface area (Å²) < 4.78 is 39.0. The average Bonchev–Trinajstić information content (AvgIpc) is 3.27. The van der Waals surface area contributed by atoms with Crippen molar-refractivity contribution in [3.05, 3.63) is 59.4 Å². The SMILES string of the molecule is O=C(c1cc(O)cc(C(F)(F)F)c1)N1CCC2(CCN(Cc3ccccn3)C2=O)C1. The molecule has 1 atom stereocenters. The van der Waals surface area contributed by atoms with E-state index in [-0.39, 0.29) is 24.6 Å². The molecule has 0 saturated carbocycles. The molecule has 158 valence electrons. The summed E-state index contributed by atoms with van der Waals surface area (Å²) in [6.07, 6.45) is -1.98. The van der Waals surface area contributed by atoms with Gasteiger partial charge >= 0.3 is 6.18 Å². The van der Waals surface area contributed by atoms with Crippen LogP contribution in [0.1, 0.15) is 34.5 Å². The first-order valence-electron chi connectivity index (χ1n) is 9.58. The van der Waals surface area contributed by atoms with Crippen molar-refractivity contribution in [1.29, 1.82) is 0 Å². The third-order valence-electron chi connectivity index (χ3n) is 5.81. The van der Waals surface area contributed by atoms with Gasteiger partial charge in [0.1, 0.15) is 5.75 Å². The molecule has 3 heterocycles. The van der Waals surface area contributed by atoms with E-state index in [9.17, 15) is 27.9 Å². The molecule has 2 aromatic rings. The fourth-order valence-electron chi connectivity index (χ4n) is 4.24. The number of amides is 2. The van der Waals surface area contributed by atoms with Gasteiger partial charge in [0.15, 0.2) is 0 Å². The predicted octanol–water partition coefficient (Wildman–Crippen LogP) is 3.07. The number of alkyl halides is 3. The van der Waals surface area contributed by atoms with Crippen LogP contribution in [0.5, 0.6) is 5.75 Å². The van der Waals surface area contributed by atoms with Gasteiger partial charge in [0.05, 0.1) is 23.2 Å². The number of carbonyl (C=O) groups is 2. The number of likely N-dealkylation sites (tertiary alicyclic amines) is 2. The molecular weight excluding hydrogens is 399 g/mol. The number of carbonyl (C=O) groups excluding carboxylic acids is 2. The zero-order valence-corrected chi connectivity index (χ0v) is 16.0. The number of halogens is 3. The van der Waals surface area contributed by atoms with E-state index in [1.165, 1.54) is 4.90 Å². The lowest BCUT2D eigenvalue weighted by molar-refractivity contribution is -0.137. The van der Waals surface area contributed by atoms with Gasteiger partial charge in [-0.2, -0.15) is 13.2 Å². The second kappa shape index (κ2) is 7.30. The van der Waals surface area contributed by atoms with Crippen LogP contribution in [0.15, 0.2) is 42.6 Å². The Hall–Kier alpha value is -3.10. The zero-order valence-electron chi connectivity index (χ0n) is 16.0. The van der Waals surface area contributed by atoms with Crippen molar-refractivity contribution >= 4 is 11.8 Å². The number of nitrogens with zero attached hydrogens (tertiary/aromatic N) is 3. The third-order valence-corrected chi connectivity index (χ3v) is 5.81. The fourth-order valence-corrected chi connectivity index (χ4v) is 4.24. The Morgan fingerprint density at radius 1 is 1.17 bits per heavy atom. The summed E-state index contributed by atoms with van der Waals surface area (Å²) in [4.78, 5) is 33.2. The van der Waals surface area contributed by atoms with E-state index < -0.39 is 28.8 Å². The summed E-state index contributed by atoms with van der Waals surface area (Å²) in [7, 11) is 0. The first kappa shape index (κ1) is 20.2. The lowest BCUT2D eigenvalue weighted by Gasteiger charge is -2.24. The van der Waals surface area contributed by atoms with Crippen LogP contribution in [0.3, 0.4) is 0 Å². The standard InChI is InChI=1S/C21H20F3N3O3/c22-21(23,24)15-9-14(10-17(28)11-15)18(29)27-8-5-20(13-27)4-7-26(19(20)30)12-16-3-1-2-6-25-16/h1-3,6,9-11,28H,4-5,7-8,12-13H2. The molecule has 9 heteroatoms. The predicted molar refractivity (Wildman–Crippen MR) is 100 cm³/mol. The number of aromatic hydroxyl groups is 1. The molecule has 2 saturated heterocycles. The Morgan fingerprint density at radius 2 is 1.93 bits per heavy atom. The van der Waals surface area contributed by atoms with Gasteiger partial charge in [0.2, 0.25) is 5.91 Å². The minimum atomic E-state index is -4.67. The second-order valence-corrected chi connectivity index (χ2v) is 7.82. The van der Waals surface area contributed by atoms with Gasteiger partial charge in [-0.3, -0.25) is 14.6 Å². The van der Waals surface area contributed by atoms with Crippen molar-refractivity contribution in [3.63, 3.8) is 0 Å². The van der Waals surface area contributed by atoms with Crippen molar-refractivity contribution in [2.45, 2.75) is 25.6 Å². The van der Waals surface area contributed by atoms with E-state index in [4.69, 9.17) is 0 Å². The molecule has 1 N–H and O–H groups in total. The summed E-state index contributed by atoms with van der Waals surface area (Å²) in [5, 5.41) is 9.63. The minimum Gasteiger partial charge on any atom is -0.508 e. The first-order chi connectivity index (χ1) is 14.2. The number of aromatic nitrogens is 1. The number of pyridine rings is 1. The van der Waals surface area contributed by atoms with E-state index >= 15 is 0 Å². The molecule has 2 fully saturated rings. The van der Waals surface area contributed by atoms with Gasteiger partial charge in [-0.25, -0.2) is 0 Å². The molecule has 1 aromatic heterocycles. The number of phenolic OH excluding ortho intramolecular Hbond substituents is 1. The van der Waals surface area contributed by atoms with Crippen molar-refractivity contribution < 1.29 is 27.9 Å². The summed E-state index contributed by atoms with van der Waals surface area (Å²) in [6, 6.07) is 7.81. The largest absolute Gasteiger partial charge is 0.508 e. The highest BCUT2D eigenvalue weighted by atomic mass is 19.4. The number of benzene rings is 1. The maximum atomic E-state index is 13.0. The molecule has 1 aromatic carbocycles. The van der Waals surface area contributed by atoms with Crippen LogP contribution in [0, 0.1) is 5.41 Å². The Bertz CT molecular complexity index is 980. The highest BCUT2D eigenvalue weighted by Crippen LogP contribution is 2.42. The summed E-state index contributed by atoms with van der Waals surface area (Å²) in [5.41, 5.74) is -1.27. The highest BCUT2D eigenvalue weighted by molar-refractivity contribution is 5.96. The van der Waals surface area contributed by atoms with Crippen molar-refractivity contribution in [2.24, 2.45) is 5.41 Å². The smallest absolute Gasteiger partial charge is 0.416 e. The number of rotatable bonds is 3. The Kier molecular flexibility index (Phi) is 4.91. The monoisotopic (exact) mass is 419 g/mol. The molecule has 0 aliphatic carbocycles. The molecule has 0 radical (unpaired) electrons. The molecule has 0 bridgehead atoms. The lowest BCUT2D eigenvalue weighted by atomic mass is 9.85. The molecule has 2 aliphatic heterocycles. The quantitative estimate of drug-likeness (QED) is 0.830. The number of hydrogen-bond donors (Lipinski definition) is 1. The van der Waals surface area contributed by atoms with Crippen molar-refractivity contribution in [2.75, 3.05) is 19.6 Å². The van der Waals surface area contributed by atoms with E-state index in [1.807, 2.05) is 12.1 Å². The highest BCUT2D eigenvalue weighted by Gasteiger charge is 2.51. The Morgan fingerprint density at radius 3 is 2.63 bits per heavy atom. The molecule has 4 rings (SSSR count). The van der Waals surface area contributed by atoms with Gasteiger partial charge in [-0.05, 0) is 43.2 Å². The zero-order chi connectivity index (χ0) is 21.5. The van der Waals surface area contributed by atoms with Gasteiger partial charge in [0, 0.05) is 31.4 Å². The van der Waals surface area contributed by atoms with E-state index in [0.29, 0.717) is 32.0 Å². The van der Waals surface area contributed by atoms with Crippen LogP contribution < -0.4 is 0 Å². The topological polar surface area (TPSA) is 73.7 Å². The Balaban J connectivity index is 1.49. The van der Waals surface area contributed by atoms with Gasteiger partial charge < -0.3 is 14.9 Å². The van der Waals surface area contributed by atoms with Crippen LogP contribution in [-0.4, -0.2) is 51.3 Å². The van der Waals surface area contributed by atoms with Crippen LogP contribution >= 0.6 is 0 Å². The van der Waals surface area contributed by atoms with Crippen molar-refractivity contribution in [3.8, 4) is 5.75 Å². The molecule has 30 heavy (non-hydrogen) atoms. The van der Waals surface area contributed by atoms with Gasteiger partial charge in [0.25, 0.3) is 5.91 Å². The van der Waals surface area contributed by atoms with Crippen LogP contribution in [-0.2, 0) is 17.5 Å². The fraction of sp³-hybridized carbons (Fsp3) is 0.381. The summed E-state index contributed by atoms with van der Waals surface area (Å²) in [5.74, 6) is -1.31. The van der Waals surface area contributed by atoms with E-state index in [2.05, 4.69) is 4.98 Å².